The zero-order chi connectivity index (χ0) is 13.9. The van der Waals surface area contributed by atoms with Gasteiger partial charge in [0, 0.05) is 21.6 Å². The van der Waals surface area contributed by atoms with E-state index in [1.54, 1.807) is 6.20 Å². The van der Waals surface area contributed by atoms with Gasteiger partial charge in [-0.15, -0.1) is 11.3 Å². The molecule has 3 rings (SSSR count). The number of carbonyl (C=O) groups excluding carboxylic acids is 1. The lowest BCUT2D eigenvalue weighted by atomic mass is 10.1. The molecule has 3 nitrogen and oxygen atoms in total. The molecule has 1 N–H and O–H groups in total. The number of hydrogen-bond donors (Lipinski definition) is 1. The van der Waals surface area contributed by atoms with Crippen LogP contribution in [-0.2, 0) is 6.54 Å². The fourth-order valence-electron chi connectivity index (χ4n) is 1.96. The summed E-state index contributed by atoms with van der Waals surface area (Å²) < 4.78 is 1.03. The molecule has 0 spiro atoms. The third-order valence-corrected chi connectivity index (χ3v) is 4.22. The van der Waals surface area contributed by atoms with Crippen LogP contribution in [0.2, 0.25) is 0 Å². The van der Waals surface area contributed by atoms with E-state index < -0.39 is 0 Å². The van der Waals surface area contributed by atoms with Crippen molar-refractivity contribution >= 4 is 43.9 Å². The van der Waals surface area contributed by atoms with Crippen molar-refractivity contribution in [3.05, 3.63) is 63.0 Å². The molecule has 1 heterocycles. The number of amides is 1. The van der Waals surface area contributed by atoms with Gasteiger partial charge >= 0.3 is 0 Å². The number of rotatable bonds is 3. The molecule has 0 bridgehead atoms. The predicted octanol–water partition coefficient (Wildman–Crippen LogP) is 3.99. The van der Waals surface area contributed by atoms with Gasteiger partial charge in [-0.1, -0.05) is 28.1 Å². The highest BCUT2D eigenvalue weighted by Crippen LogP contribution is 2.21. The van der Waals surface area contributed by atoms with Gasteiger partial charge in [-0.25, -0.2) is 4.98 Å². The second-order valence-electron chi connectivity index (χ2n) is 4.31. The molecule has 0 radical (unpaired) electrons. The first kappa shape index (κ1) is 13.3. The van der Waals surface area contributed by atoms with Crippen molar-refractivity contribution in [2.45, 2.75) is 6.54 Å². The van der Waals surface area contributed by atoms with Gasteiger partial charge in [0.15, 0.2) is 0 Å². The summed E-state index contributed by atoms with van der Waals surface area (Å²) in [6, 6.07) is 11.7. The molecular weight excluding hydrogens is 336 g/mol. The second kappa shape index (κ2) is 5.73. The summed E-state index contributed by atoms with van der Waals surface area (Å²) >= 11 is 4.97. The van der Waals surface area contributed by atoms with E-state index >= 15 is 0 Å². The van der Waals surface area contributed by atoms with Gasteiger partial charge in [-0.2, -0.15) is 0 Å². The van der Waals surface area contributed by atoms with E-state index in [0.29, 0.717) is 12.1 Å². The van der Waals surface area contributed by atoms with Gasteiger partial charge < -0.3 is 5.32 Å². The summed E-state index contributed by atoms with van der Waals surface area (Å²) in [5.41, 5.74) is 0.663. The number of carbonyl (C=O) groups is 1. The maximum absolute atomic E-state index is 12.1. The first-order chi connectivity index (χ1) is 9.72. The largest absolute Gasteiger partial charge is 0.346 e. The summed E-state index contributed by atoms with van der Waals surface area (Å²) in [7, 11) is 0. The summed E-state index contributed by atoms with van der Waals surface area (Å²) in [4.78, 5) is 16.2. The number of nitrogens with one attached hydrogen (secondary N) is 1. The molecule has 0 aliphatic carbocycles. The Hall–Kier alpha value is -1.72. The van der Waals surface area contributed by atoms with E-state index in [4.69, 9.17) is 0 Å². The maximum Gasteiger partial charge on any atom is 0.251 e. The first-order valence-electron chi connectivity index (χ1n) is 6.08. The van der Waals surface area contributed by atoms with Crippen molar-refractivity contribution in [3.63, 3.8) is 0 Å². The minimum absolute atomic E-state index is 0.0787. The molecule has 0 fully saturated rings. The Labute approximate surface area is 128 Å². The Morgan fingerprint density at radius 2 is 2.00 bits per heavy atom. The predicted molar refractivity (Wildman–Crippen MR) is 84.9 cm³/mol. The standard InChI is InChI=1S/C15H11BrN2OS/c16-13-4-3-10-7-12(2-1-11(10)8-13)15(19)18-9-14-17-5-6-20-14/h1-8H,9H2,(H,18,19). The van der Waals surface area contributed by atoms with Gasteiger partial charge in [0.1, 0.15) is 5.01 Å². The van der Waals surface area contributed by atoms with E-state index in [0.717, 1.165) is 20.3 Å². The number of aromatic nitrogens is 1. The molecule has 1 aromatic heterocycles. The van der Waals surface area contributed by atoms with Gasteiger partial charge in [-0.05, 0) is 35.0 Å². The molecule has 0 aliphatic heterocycles. The van der Waals surface area contributed by atoms with Gasteiger partial charge in [0.05, 0.1) is 6.54 Å². The molecular formula is C15H11BrN2OS. The molecule has 100 valence electrons. The zero-order valence-electron chi connectivity index (χ0n) is 10.5. The summed E-state index contributed by atoms with van der Waals surface area (Å²) in [5, 5.41) is 7.84. The smallest absolute Gasteiger partial charge is 0.251 e. The third kappa shape index (κ3) is 2.89. The van der Waals surface area contributed by atoms with Crippen LogP contribution in [0.3, 0.4) is 0 Å². The number of thiazole rings is 1. The fraction of sp³-hybridized carbons (Fsp3) is 0.0667. The summed E-state index contributed by atoms with van der Waals surface area (Å²) in [6.45, 7) is 0.467. The molecule has 0 atom stereocenters. The first-order valence-corrected chi connectivity index (χ1v) is 7.75. The minimum atomic E-state index is -0.0787. The highest BCUT2D eigenvalue weighted by atomic mass is 79.9. The molecule has 2 aromatic carbocycles. The molecule has 0 saturated heterocycles. The van der Waals surface area contributed by atoms with E-state index in [2.05, 4.69) is 26.2 Å². The number of fused-ring (bicyclic) bond motifs is 1. The maximum atomic E-state index is 12.1. The lowest BCUT2D eigenvalue weighted by Gasteiger charge is -2.05. The van der Waals surface area contributed by atoms with Crippen molar-refractivity contribution < 1.29 is 4.79 Å². The molecule has 5 heteroatoms. The summed E-state index contributed by atoms with van der Waals surface area (Å²) in [5.74, 6) is -0.0787. The Balaban J connectivity index is 1.79. The van der Waals surface area contributed by atoms with Gasteiger partial charge in [0.25, 0.3) is 5.91 Å². The van der Waals surface area contributed by atoms with Crippen molar-refractivity contribution in [1.29, 1.82) is 0 Å². The third-order valence-electron chi connectivity index (χ3n) is 2.95. The normalized spacial score (nSPS) is 10.7. The minimum Gasteiger partial charge on any atom is -0.346 e. The Morgan fingerprint density at radius 1 is 1.20 bits per heavy atom. The second-order valence-corrected chi connectivity index (χ2v) is 6.21. The van der Waals surface area contributed by atoms with Crippen molar-refractivity contribution in [3.8, 4) is 0 Å². The monoisotopic (exact) mass is 346 g/mol. The fourth-order valence-corrected chi connectivity index (χ4v) is 2.89. The lowest BCUT2D eigenvalue weighted by molar-refractivity contribution is 0.0951. The zero-order valence-corrected chi connectivity index (χ0v) is 12.9. The SMILES string of the molecule is O=C(NCc1nccs1)c1ccc2cc(Br)ccc2c1. The Morgan fingerprint density at radius 3 is 2.80 bits per heavy atom. The topological polar surface area (TPSA) is 42.0 Å². The van der Waals surface area contributed by atoms with Crippen LogP contribution in [0, 0.1) is 0 Å². The van der Waals surface area contributed by atoms with Gasteiger partial charge in [-0.3, -0.25) is 4.79 Å². The molecule has 1 amide bonds. The molecule has 0 aliphatic rings. The highest BCUT2D eigenvalue weighted by Gasteiger charge is 2.07. The Bertz CT molecular complexity index is 756. The van der Waals surface area contributed by atoms with E-state index in [1.165, 1.54) is 11.3 Å². The van der Waals surface area contributed by atoms with Crippen LogP contribution >= 0.6 is 27.3 Å². The van der Waals surface area contributed by atoms with Crippen LogP contribution in [-0.4, -0.2) is 10.9 Å². The van der Waals surface area contributed by atoms with Crippen LogP contribution in [0.1, 0.15) is 15.4 Å². The average molecular weight is 347 g/mol. The average Bonchev–Trinajstić information content (AvgIpc) is 2.97. The lowest BCUT2D eigenvalue weighted by Crippen LogP contribution is -2.22. The van der Waals surface area contributed by atoms with E-state index in [1.807, 2.05) is 41.8 Å². The quantitative estimate of drug-likeness (QED) is 0.778. The van der Waals surface area contributed by atoms with Crippen LogP contribution in [0.25, 0.3) is 10.8 Å². The summed E-state index contributed by atoms with van der Waals surface area (Å²) in [6.07, 6.45) is 1.74. The van der Waals surface area contributed by atoms with Crippen molar-refractivity contribution in [2.24, 2.45) is 0 Å². The number of benzene rings is 2. The molecule has 0 unspecified atom stereocenters. The Kier molecular flexibility index (Phi) is 3.80. The molecule has 0 saturated carbocycles. The number of hydrogen-bond acceptors (Lipinski definition) is 3. The van der Waals surface area contributed by atoms with Gasteiger partial charge in [0.2, 0.25) is 0 Å². The molecule has 3 aromatic rings. The van der Waals surface area contributed by atoms with Crippen molar-refractivity contribution in [2.75, 3.05) is 0 Å². The highest BCUT2D eigenvalue weighted by molar-refractivity contribution is 9.10. The van der Waals surface area contributed by atoms with Crippen LogP contribution in [0.4, 0.5) is 0 Å². The number of halogens is 1. The van der Waals surface area contributed by atoms with Crippen LogP contribution in [0.15, 0.2) is 52.4 Å². The number of nitrogens with zero attached hydrogens (tertiary/aromatic N) is 1. The van der Waals surface area contributed by atoms with Crippen LogP contribution in [0.5, 0.6) is 0 Å². The van der Waals surface area contributed by atoms with E-state index in [-0.39, 0.29) is 5.91 Å². The molecule has 20 heavy (non-hydrogen) atoms. The van der Waals surface area contributed by atoms with Crippen LogP contribution < -0.4 is 5.32 Å². The van der Waals surface area contributed by atoms with Crippen molar-refractivity contribution in [1.82, 2.24) is 10.3 Å². The van der Waals surface area contributed by atoms with E-state index in [9.17, 15) is 4.79 Å².